The second-order valence-corrected chi connectivity index (χ2v) is 9.40. The molecular weight excluding hydrogens is 448 g/mol. The lowest BCUT2D eigenvalue weighted by atomic mass is 9.71. The van der Waals surface area contributed by atoms with Crippen LogP contribution in [0.2, 0.25) is 0 Å². The summed E-state index contributed by atoms with van der Waals surface area (Å²) in [6.07, 6.45) is -2.53. The Kier molecular flexibility index (Phi) is 6.73. The summed E-state index contributed by atoms with van der Waals surface area (Å²) in [5.41, 5.74) is 3.45. The van der Waals surface area contributed by atoms with Gasteiger partial charge in [0.05, 0.1) is 12.2 Å². The molecule has 1 aliphatic carbocycles. The number of ketones is 1. The van der Waals surface area contributed by atoms with E-state index in [1.165, 1.54) is 0 Å². The summed E-state index contributed by atoms with van der Waals surface area (Å²) in [5, 5.41) is 29.2. The third kappa shape index (κ3) is 4.22. The van der Waals surface area contributed by atoms with Gasteiger partial charge in [0.15, 0.2) is 5.78 Å². The van der Waals surface area contributed by atoms with Gasteiger partial charge in [-0.05, 0) is 49.7 Å². The van der Waals surface area contributed by atoms with Crippen LogP contribution in [0.25, 0.3) is 10.9 Å². The maximum absolute atomic E-state index is 13.6. The van der Waals surface area contributed by atoms with Gasteiger partial charge in [0.2, 0.25) is 0 Å². The summed E-state index contributed by atoms with van der Waals surface area (Å²) in [4.78, 5) is 31.6. The highest BCUT2D eigenvalue weighted by Crippen LogP contribution is 2.44. The van der Waals surface area contributed by atoms with Crippen molar-refractivity contribution in [1.82, 2.24) is 9.88 Å². The second kappa shape index (κ2) is 9.45. The molecule has 1 aromatic heterocycles. The zero-order valence-corrected chi connectivity index (χ0v) is 20.5. The lowest BCUT2D eigenvalue weighted by Crippen LogP contribution is -2.34. The molecule has 186 valence electrons. The highest BCUT2D eigenvalue weighted by Gasteiger charge is 2.40. The molecule has 1 heterocycles. The number of nitrogens with one attached hydrogen (secondary N) is 1. The number of nitrogens with zero attached hydrogens (tertiary/aromatic N) is 1. The highest BCUT2D eigenvalue weighted by molar-refractivity contribution is 6.20. The van der Waals surface area contributed by atoms with E-state index in [9.17, 15) is 19.8 Å². The van der Waals surface area contributed by atoms with E-state index in [0.717, 1.165) is 22.2 Å². The number of H-pyrrole nitrogens is 1. The van der Waals surface area contributed by atoms with Gasteiger partial charge in [-0.15, -0.1) is 0 Å². The third-order valence-corrected chi connectivity index (χ3v) is 6.91. The first kappa shape index (κ1) is 24.9. The number of rotatable bonds is 8. The van der Waals surface area contributed by atoms with Gasteiger partial charge in [-0.1, -0.05) is 19.9 Å². The first-order valence-electron chi connectivity index (χ1n) is 11.9. The second-order valence-electron chi connectivity index (χ2n) is 9.40. The lowest BCUT2D eigenvalue weighted by molar-refractivity contribution is -0.0339. The summed E-state index contributed by atoms with van der Waals surface area (Å²) in [6, 6.07) is 10.6. The predicted molar refractivity (Wildman–Crippen MR) is 132 cm³/mol. The topological polar surface area (TPSA) is 123 Å². The van der Waals surface area contributed by atoms with Crippen LogP contribution in [-0.2, 0) is 5.41 Å². The Balaban J connectivity index is 1.72. The van der Waals surface area contributed by atoms with Crippen molar-refractivity contribution < 1.29 is 29.6 Å². The van der Waals surface area contributed by atoms with E-state index in [2.05, 4.69) is 4.98 Å². The van der Waals surface area contributed by atoms with Crippen molar-refractivity contribution >= 4 is 22.6 Å². The Bertz CT molecular complexity index is 1270. The highest BCUT2D eigenvalue weighted by atomic mass is 16.5. The van der Waals surface area contributed by atoms with Crippen LogP contribution >= 0.6 is 0 Å². The van der Waals surface area contributed by atoms with E-state index in [4.69, 9.17) is 9.84 Å². The average molecular weight is 481 g/mol. The van der Waals surface area contributed by atoms with Crippen LogP contribution in [0.3, 0.4) is 0 Å². The molecule has 0 aliphatic heterocycles. The third-order valence-electron chi connectivity index (χ3n) is 6.91. The molecule has 4 rings (SSSR count). The molecule has 0 saturated heterocycles. The van der Waals surface area contributed by atoms with Crippen molar-refractivity contribution in [1.29, 1.82) is 0 Å². The summed E-state index contributed by atoms with van der Waals surface area (Å²) in [5.74, 6) is 0.291. The van der Waals surface area contributed by atoms with Crippen LogP contribution in [-0.4, -0.2) is 75.4 Å². The Labute approximate surface area is 204 Å². The molecule has 8 heteroatoms. The molecule has 8 nitrogen and oxygen atoms in total. The SMILES string of the molecule is CCN(CC)C(=O)c1ccc2c3c([nH]c2c1)C(C)(C)c1cc(OC[C@@H](O)[C@H](O)CO)ccc1C3=O. The van der Waals surface area contributed by atoms with E-state index >= 15 is 0 Å². The van der Waals surface area contributed by atoms with Crippen molar-refractivity contribution in [3.63, 3.8) is 0 Å². The van der Waals surface area contributed by atoms with Crippen LogP contribution in [0.15, 0.2) is 36.4 Å². The fourth-order valence-electron chi connectivity index (χ4n) is 4.74. The molecule has 3 aromatic rings. The number of amides is 1. The molecule has 0 fully saturated rings. The van der Waals surface area contributed by atoms with Crippen molar-refractivity contribution in [2.24, 2.45) is 0 Å². The number of carbonyl (C=O) groups excluding carboxylic acids is 2. The fourth-order valence-corrected chi connectivity index (χ4v) is 4.74. The van der Waals surface area contributed by atoms with Crippen molar-refractivity contribution in [2.75, 3.05) is 26.3 Å². The number of fused-ring (bicyclic) bond motifs is 4. The Morgan fingerprint density at radius 2 is 1.80 bits per heavy atom. The van der Waals surface area contributed by atoms with Crippen molar-refractivity contribution in [3.8, 4) is 5.75 Å². The molecule has 4 N–H and O–H groups in total. The molecule has 0 radical (unpaired) electrons. The summed E-state index contributed by atoms with van der Waals surface area (Å²) in [7, 11) is 0. The van der Waals surface area contributed by atoms with Gasteiger partial charge in [-0.2, -0.15) is 0 Å². The normalized spacial score (nSPS) is 15.9. The van der Waals surface area contributed by atoms with Crippen LogP contribution in [0.1, 0.15) is 65.2 Å². The van der Waals surface area contributed by atoms with Gasteiger partial charge in [-0.3, -0.25) is 9.59 Å². The van der Waals surface area contributed by atoms with Gasteiger partial charge >= 0.3 is 0 Å². The molecule has 0 spiro atoms. The lowest BCUT2D eigenvalue weighted by Gasteiger charge is -2.32. The van der Waals surface area contributed by atoms with E-state index in [0.29, 0.717) is 35.5 Å². The molecule has 35 heavy (non-hydrogen) atoms. The molecule has 1 aliphatic rings. The summed E-state index contributed by atoms with van der Waals surface area (Å²) >= 11 is 0. The van der Waals surface area contributed by atoms with E-state index in [1.54, 1.807) is 29.2 Å². The quantitative estimate of drug-likeness (QED) is 0.393. The van der Waals surface area contributed by atoms with Gasteiger partial charge < -0.3 is 29.9 Å². The van der Waals surface area contributed by atoms with Crippen LogP contribution in [0.4, 0.5) is 0 Å². The number of carbonyl (C=O) groups is 2. The van der Waals surface area contributed by atoms with Crippen LogP contribution < -0.4 is 4.74 Å². The van der Waals surface area contributed by atoms with Crippen LogP contribution in [0.5, 0.6) is 5.75 Å². The first-order chi connectivity index (χ1) is 16.6. The van der Waals surface area contributed by atoms with E-state index < -0.39 is 24.2 Å². The number of aliphatic hydroxyl groups excluding tert-OH is 3. The number of aromatic amines is 1. The maximum Gasteiger partial charge on any atom is 0.253 e. The minimum atomic E-state index is -1.29. The van der Waals surface area contributed by atoms with Crippen LogP contribution in [0, 0.1) is 0 Å². The van der Waals surface area contributed by atoms with E-state index in [1.807, 2.05) is 39.8 Å². The summed E-state index contributed by atoms with van der Waals surface area (Å²) < 4.78 is 5.63. The maximum atomic E-state index is 13.6. The number of hydrogen-bond donors (Lipinski definition) is 4. The van der Waals surface area contributed by atoms with Gasteiger partial charge in [0, 0.05) is 46.2 Å². The molecule has 0 saturated carbocycles. The molecule has 1 amide bonds. The molecule has 0 unspecified atom stereocenters. The number of aromatic nitrogens is 1. The minimum absolute atomic E-state index is 0.0476. The van der Waals surface area contributed by atoms with Crippen molar-refractivity contribution in [3.05, 3.63) is 64.3 Å². The Hall–Kier alpha value is -3.20. The van der Waals surface area contributed by atoms with Gasteiger partial charge in [-0.25, -0.2) is 0 Å². The molecule has 2 aromatic carbocycles. The summed E-state index contributed by atoms with van der Waals surface area (Å²) in [6.45, 7) is 8.40. The number of benzene rings is 2. The number of hydrogen-bond acceptors (Lipinski definition) is 6. The predicted octanol–water partition coefficient (Wildman–Crippen LogP) is 2.61. The standard InChI is InChI=1S/C27H32N2O6/c1-5-29(6-2)26(34)15-7-9-18-20(11-15)28-25-23(18)24(33)17-10-8-16(12-19(17)27(25,3)4)35-14-22(32)21(31)13-30/h7-12,21-22,28,30-32H,5-6,13-14H2,1-4H3/t21-,22-/m1/s1. The number of ether oxygens (including phenoxy) is 1. The minimum Gasteiger partial charge on any atom is -0.491 e. The first-order valence-corrected chi connectivity index (χ1v) is 11.9. The van der Waals surface area contributed by atoms with Crippen molar-refractivity contribution in [2.45, 2.75) is 45.3 Å². The zero-order valence-electron chi connectivity index (χ0n) is 20.5. The molecular formula is C27H32N2O6. The van der Waals surface area contributed by atoms with Gasteiger partial charge in [0.1, 0.15) is 24.6 Å². The fraction of sp³-hybridized carbons (Fsp3) is 0.407. The Morgan fingerprint density at radius 3 is 2.46 bits per heavy atom. The molecule has 2 atom stereocenters. The average Bonchev–Trinajstić information content (AvgIpc) is 3.26. The van der Waals surface area contributed by atoms with E-state index in [-0.39, 0.29) is 18.3 Å². The Morgan fingerprint density at radius 1 is 1.09 bits per heavy atom. The van der Waals surface area contributed by atoms with Gasteiger partial charge in [0.25, 0.3) is 5.91 Å². The largest absolute Gasteiger partial charge is 0.491 e. The smallest absolute Gasteiger partial charge is 0.253 e. The molecule has 0 bridgehead atoms. The number of aliphatic hydroxyl groups is 3. The zero-order chi connectivity index (χ0) is 25.5. The monoisotopic (exact) mass is 480 g/mol.